The highest BCUT2D eigenvalue weighted by molar-refractivity contribution is 9.10. The number of carbonyl (C=O) groups excluding carboxylic acids is 1. The molecule has 0 aromatic heterocycles. The number of benzene rings is 1. The molecule has 2 nitrogen and oxygen atoms in total. The van der Waals surface area contributed by atoms with Crippen molar-refractivity contribution in [2.75, 3.05) is 19.5 Å². The van der Waals surface area contributed by atoms with Crippen LogP contribution >= 0.6 is 27.5 Å². The molecule has 14 heavy (non-hydrogen) atoms. The Kier molecular flexibility index (Phi) is 4.42. The van der Waals surface area contributed by atoms with Gasteiger partial charge in [0.25, 0.3) is 5.91 Å². The van der Waals surface area contributed by atoms with Gasteiger partial charge >= 0.3 is 0 Å². The van der Waals surface area contributed by atoms with Crippen LogP contribution in [0.4, 0.5) is 0 Å². The summed E-state index contributed by atoms with van der Waals surface area (Å²) in [4.78, 5) is 13.3. The Bertz CT molecular complexity index is 312. The minimum absolute atomic E-state index is 0.00171. The summed E-state index contributed by atoms with van der Waals surface area (Å²) >= 11 is 8.87. The molecule has 0 atom stereocenters. The Morgan fingerprint density at radius 3 is 2.50 bits per heavy atom. The minimum atomic E-state index is -0.00171. The summed E-state index contributed by atoms with van der Waals surface area (Å²) in [6, 6.07) is 7.28. The third-order valence-electron chi connectivity index (χ3n) is 1.86. The summed E-state index contributed by atoms with van der Waals surface area (Å²) < 4.78 is 0.967. The maximum Gasteiger partial charge on any atom is 0.253 e. The lowest BCUT2D eigenvalue weighted by Crippen LogP contribution is -2.28. The molecule has 0 heterocycles. The van der Waals surface area contributed by atoms with Crippen LogP contribution in [0.3, 0.4) is 0 Å². The monoisotopic (exact) mass is 275 g/mol. The molecule has 0 saturated heterocycles. The normalized spacial score (nSPS) is 9.93. The molecule has 4 heteroatoms. The second-order valence-electron chi connectivity index (χ2n) is 2.92. The van der Waals surface area contributed by atoms with E-state index in [1.54, 1.807) is 24.1 Å². The van der Waals surface area contributed by atoms with E-state index >= 15 is 0 Å². The van der Waals surface area contributed by atoms with Crippen LogP contribution in [0.1, 0.15) is 10.4 Å². The van der Waals surface area contributed by atoms with Gasteiger partial charge in [0.1, 0.15) is 0 Å². The van der Waals surface area contributed by atoms with Gasteiger partial charge in [0, 0.05) is 29.5 Å². The molecule has 1 aromatic carbocycles. The molecule has 0 saturated carbocycles. The first-order chi connectivity index (χ1) is 6.65. The predicted octanol–water partition coefficient (Wildman–Crippen LogP) is 2.76. The zero-order valence-electron chi connectivity index (χ0n) is 7.84. The molecule has 0 unspecified atom stereocenters. The van der Waals surface area contributed by atoms with E-state index in [1.807, 2.05) is 12.1 Å². The zero-order valence-corrected chi connectivity index (χ0v) is 10.2. The maximum absolute atomic E-state index is 11.7. The third kappa shape index (κ3) is 3.00. The van der Waals surface area contributed by atoms with Gasteiger partial charge in [-0.25, -0.2) is 0 Å². The van der Waals surface area contributed by atoms with Gasteiger partial charge in [0.2, 0.25) is 0 Å². The Morgan fingerprint density at radius 1 is 1.43 bits per heavy atom. The van der Waals surface area contributed by atoms with E-state index in [2.05, 4.69) is 15.9 Å². The van der Waals surface area contributed by atoms with Crippen molar-refractivity contribution in [2.45, 2.75) is 0 Å². The number of hydrogen-bond acceptors (Lipinski definition) is 1. The van der Waals surface area contributed by atoms with Gasteiger partial charge in [-0.05, 0) is 24.3 Å². The SMILES string of the molecule is CN(CCCl)C(=O)c1ccc(Br)cc1. The molecule has 76 valence electrons. The van der Waals surface area contributed by atoms with Crippen LogP contribution in [0.25, 0.3) is 0 Å². The van der Waals surface area contributed by atoms with E-state index in [0.717, 1.165) is 4.47 Å². The highest BCUT2D eigenvalue weighted by Crippen LogP contribution is 2.11. The van der Waals surface area contributed by atoms with E-state index < -0.39 is 0 Å². The Morgan fingerprint density at radius 2 is 2.00 bits per heavy atom. The molecule has 0 aliphatic carbocycles. The van der Waals surface area contributed by atoms with E-state index in [9.17, 15) is 4.79 Å². The summed E-state index contributed by atoms with van der Waals surface area (Å²) in [6.45, 7) is 0.566. The molecule has 1 aromatic rings. The fourth-order valence-corrected chi connectivity index (χ4v) is 1.56. The molecular formula is C10H11BrClNO. The van der Waals surface area contributed by atoms with Crippen LogP contribution in [-0.2, 0) is 0 Å². The van der Waals surface area contributed by atoms with Crippen molar-refractivity contribution >= 4 is 33.4 Å². The predicted molar refractivity (Wildman–Crippen MR) is 61.8 cm³/mol. The Hall–Kier alpha value is -0.540. The lowest BCUT2D eigenvalue weighted by Gasteiger charge is -2.15. The van der Waals surface area contributed by atoms with E-state index in [1.165, 1.54) is 0 Å². The van der Waals surface area contributed by atoms with Crippen molar-refractivity contribution in [3.05, 3.63) is 34.3 Å². The average molecular weight is 277 g/mol. The first kappa shape index (κ1) is 11.5. The van der Waals surface area contributed by atoms with E-state index in [0.29, 0.717) is 18.0 Å². The first-order valence-corrected chi connectivity index (χ1v) is 5.55. The van der Waals surface area contributed by atoms with Gasteiger partial charge in [0.05, 0.1) is 0 Å². The number of hydrogen-bond donors (Lipinski definition) is 0. The quantitative estimate of drug-likeness (QED) is 0.778. The van der Waals surface area contributed by atoms with Crippen LogP contribution in [0, 0.1) is 0 Å². The van der Waals surface area contributed by atoms with Gasteiger partial charge < -0.3 is 4.90 Å². The average Bonchev–Trinajstić information content (AvgIpc) is 2.18. The molecule has 0 fully saturated rings. The van der Waals surface area contributed by atoms with Crippen molar-refractivity contribution < 1.29 is 4.79 Å². The number of amides is 1. The second kappa shape index (κ2) is 5.37. The molecule has 1 amide bonds. The van der Waals surface area contributed by atoms with E-state index in [4.69, 9.17) is 11.6 Å². The highest BCUT2D eigenvalue weighted by Gasteiger charge is 2.09. The fourth-order valence-electron chi connectivity index (χ4n) is 1.04. The molecule has 0 N–H and O–H groups in total. The summed E-state index contributed by atoms with van der Waals surface area (Å²) in [5, 5.41) is 0. The van der Waals surface area contributed by atoms with Gasteiger partial charge in [-0.3, -0.25) is 4.79 Å². The topological polar surface area (TPSA) is 20.3 Å². The number of alkyl halides is 1. The van der Waals surface area contributed by atoms with Crippen molar-refractivity contribution in [3.63, 3.8) is 0 Å². The van der Waals surface area contributed by atoms with Crippen molar-refractivity contribution in [3.8, 4) is 0 Å². The number of rotatable bonds is 3. The van der Waals surface area contributed by atoms with Crippen LogP contribution < -0.4 is 0 Å². The second-order valence-corrected chi connectivity index (χ2v) is 4.22. The number of nitrogens with zero attached hydrogens (tertiary/aromatic N) is 1. The summed E-state index contributed by atoms with van der Waals surface area (Å²) in [6.07, 6.45) is 0. The molecule has 0 bridgehead atoms. The molecule has 0 aliphatic heterocycles. The number of halogens is 2. The molecule has 0 spiro atoms. The lowest BCUT2D eigenvalue weighted by atomic mass is 10.2. The minimum Gasteiger partial charge on any atom is -0.341 e. The molecule has 0 aliphatic rings. The molecular weight excluding hydrogens is 265 g/mol. The largest absolute Gasteiger partial charge is 0.341 e. The first-order valence-electron chi connectivity index (χ1n) is 4.22. The Labute approximate surface area is 97.0 Å². The van der Waals surface area contributed by atoms with Crippen LogP contribution in [-0.4, -0.2) is 30.3 Å². The van der Waals surface area contributed by atoms with Crippen LogP contribution in [0.2, 0.25) is 0 Å². The van der Waals surface area contributed by atoms with Gasteiger partial charge in [0.15, 0.2) is 0 Å². The van der Waals surface area contributed by atoms with Crippen LogP contribution in [0.15, 0.2) is 28.7 Å². The van der Waals surface area contributed by atoms with E-state index in [-0.39, 0.29) is 5.91 Å². The van der Waals surface area contributed by atoms with Crippen molar-refractivity contribution in [1.82, 2.24) is 4.90 Å². The standard InChI is InChI=1S/C10H11BrClNO/c1-13(7-6-12)10(14)8-2-4-9(11)5-3-8/h2-5H,6-7H2,1H3. The lowest BCUT2D eigenvalue weighted by molar-refractivity contribution is 0.0803. The Balaban J connectivity index is 2.74. The summed E-state index contributed by atoms with van der Waals surface area (Å²) in [5.41, 5.74) is 0.681. The highest BCUT2D eigenvalue weighted by atomic mass is 79.9. The maximum atomic E-state index is 11.7. The number of carbonyl (C=O) groups is 1. The smallest absolute Gasteiger partial charge is 0.253 e. The summed E-state index contributed by atoms with van der Waals surface area (Å²) in [7, 11) is 1.74. The third-order valence-corrected chi connectivity index (χ3v) is 2.56. The molecule has 1 rings (SSSR count). The summed E-state index contributed by atoms with van der Waals surface area (Å²) in [5.74, 6) is 0.455. The zero-order chi connectivity index (χ0) is 10.6. The van der Waals surface area contributed by atoms with Gasteiger partial charge in [-0.15, -0.1) is 11.6 Å². The van der Waals surface area contributed by atoms with Crippen molar-refractivity contribution in [1.29, 1.82) is 0 Å². The van der Waals surface area contributed by atoms with Gasteiger partial charge in [-0.1, -0.05) is 15.9 Å². The van der Waals surface area contributed by atoms with Crippen molar-refractivity contribution in [2.24, 2.45) is 0 Å². The van der Waals surface area contributed by atoms with Gasteiger partial charge in [-0.2, -0.15) is 0 Å². The fraction of sp³-hybridized carbons (Fsp3) is 0.300. The van der Waals surface area contributed by atoms with Crippen LogP contribution in [0.5, 0.6) is 0 Å². The molecule has 0 radical (unpaired) electrons.